The second-order valence-electron chi connectivity index (χ2n) is 3.31. The molecule has 0 aliphatic carbocycles. The molecule has 0 fully saturated rings. The van der Waals surface area contributed by atoms with Crippen LogP contribution in [0.4, 0.5) is 26.2 Å². The molecule has 1 aromatic carbocycles. The first kappa shape index (κ1) is 13.2. The van der Waals surface area contributed by atoms with Crippen molar-refractivity contribution in [2.75, 3.05) is 11.1 Å². The van der Waals surface area contributed by atoms with E-state index >= 15 is 0 Å². The van der Waals surface area contributed by atoms with E-state index in [0.29, 0.717) is 4.60 Å². The highest BCUT2D eigenvalue weighted by Crippen LogP contribution is 2.25. The highest BCUT2D eigenvalue weighted by molar-refractivity contribution is 9.10. The predicted octanol–water partition coefficient (Wildman–Crippen LogP) is 3.61. The fourth-order valence-corrected chi connectivity index (χ4v) is 1.95. The Morgan fingerprint density at radius 1 is 1.06 bits per heavy atom. The van der Waals surface area contributed by atoms with Crippen molar-refractivity contribution in [2.45, 2.75) is 0 Å². The third-order valence-corrected chi connectivity index (χ3v) is 2.99. The van der Waals surface area contributed by atoms with E-state index in [0.717, 1.165) is 12.1 Å². The van der Waals surface area contributed by atoms with E-state index in [1.807, 2.05) is 0 Å². The molecule has 2 rings (SSSR count). The number of nitrogens with two attached hydrogens (primary N) is 1. The van der Waals surface area contributed by atoms with E-state index in [9.17, 15) is 8.78 Å². The second-order valence-corrected chi connectivity index (χ2v) is 4.98. The molecular weight excluding hydrogens is 374 g/mol. The Hall–Kier alpha value is -1.28. The first-order valence-electron chi connectivity index (χ1n) is 4.67. The molecule has 0 unspecified atom stereocenters. The molecule has 0 saturated carbocycles. The summed E-state index contributed by atoms with van der Waals surface area (Å²) in [6.07, 6.45) is 0. The van der Waals surface area contributed by atoms with E-state index in [1.54, 1.807) is 0 Å². The number of nitrogens with one attached hydrogen (secondary N) is 1. The molecule has 0 aliphatic rings. The quantitative estimate of drug-likeness (QED) is 0.618. The summed E-state index contributed by atoms with van der Waals surface area (Å²) < 4.78 is 27.3. The number of nitrogen functional groups attached to an aromatic ring is 1. The minimum Gasteiger partial charge on any atom is -0.383 e. The zero-order valence-electron chi connectivity index (χ0n) is 8.72. The smallest absolute Gasteiger partial charge is 0.230 e. The van der Waals surface area contributed by atoms with Crippen molar-refractivity contribution in [3.8, 4) is 0 Å². The zero-order chi connectivity index (χ0) is 13.3. The van der Waals surface area contributed by atoms with Gasteiger partial charge in [-0.2, -0.15) is 4.98 Å². The van der Waals surface area contributed by atoms with Gasteiger partial charge < -0.3 is 11.1 Å². The molecule has 0 amide bonds. The number of nitrogens with zero attached hydrogens (tertiary/aromatic N) is 2. The summed E-state index contributed by atoms with van der Waals surface area (Å²) in [5, 5.41) is 2.55. The maximum Gasteiger partial charge on any atom is 0.230 e. The lowest BCUT2D eigenvalue weighted by Gasteiger charge is -2.07. The van der Waals surface area contributed by atoms with Gasteiger partial charge in [-0.05, 0) is 37.9 Å². The average Bonchev–Trinajstić information content (AvgIpc) is 2.24. The van der Waals surface area contributed by atoms with E-state index in [-0.39, 0.29) is 21.9 Å². The average molecular weight is 380 g/mol. The fourth-order valence-electron chi connectivity index (χ4n) is 1.23. The van der Waals surface area contributed by atoms with E-state index in [2.05, 4.69) is 47.1 Å². The van der Waals surface area contributed by atoms with Crippen LogP contribution in [0.3, 0.4) is 0 Å². The van der Waals surface area contributed by atoms with Crippen LogP contribution in [0, 0.1) is 11.6 Å². The van der Waals surface area contributed by atoms with Gasteiger partial charge in [0, 0.05) is 12.1 Å². The number of hydrogen-bond donors (Lipinski definition) is 2. The molecule has 3 N–H and O–H groups in total. The Bertz CT molecular complexity index is 586. The van der Waals surface area contributed by atoms with Gasteiger partial charge in [0.05, 0.1) is 10.2 Å². The highest BCUT2D eigenvalue weighted by atomic mass is 79.9. The number of halogens is 4. The maximum absolute atomic E-state index is 13.6. The Kier molecular flexibility index (Phi) is 3.76. The first-order chi connectivity index (χ1) is 8.45. The summed E-state index contributed by atoms with van der Waals surface area (Å²) in [6, 6.07) is 3.50. The van der Waals surface area contributed by atoms with Crippen LogP contribution in [0.25, 0.3) is 0 Å². The molecular formula is C10H6Br2F2N4. The van der Waals surface area contributed by atoms with Crippen LogP contribution >= 0.6 is 31.9 Å². The van der Waals surface area contributed by atoms with Crippen LogP contribution in [0.5, 0.6) is 0 Å². The molecule has 0 radical (unpaired) electrons. The summed E-state index contributed by atoms with van der Waals surface area (Å²) in [4.78, 5) is 7.78. The van der Waals surface area contributed by atoms with E-state index < -0.39 is 11.6 Å². The van der Waals surface area contributed by atoms with Gasteiger partial charge in [-0.1, -0.05) is 0 Å². The standard InChI is InChI=1S/C10H6Br2F2N4/c11-4-1-6(14)7(2-5(4)13)16-10-17-8(12)3-9(15)18-10/h1-3H,(H3,15,16,17,18). The van der Waals surface area contributed by atoms with Crippen molar-refractivity contribution in [3.05, 3.63) is 38.9 Å². The maximum atomic E-state index is 13.6. The minimum absolute atomic E-state index is 0.0419. The summed E-state index contributed by atoms with van der Waals surface area (Å²) in [6.45, 7) is 0. The Morgan fingerprint density at radius 3 is 2.44 bits per heavy atom. The minimum atomic E-state index is -0.634. The molecule has 0 spiro atoms. The summed E-state index contributed by atoms with van der Waals surface area (Å²) in [5.41, 5.74) is 5.43. The summed E-state index contributed by atoms with van der Waals surface area (Å²) in [7, 11) is 0. The number of aromatic nitrogens is 2. The molecule has 0 saturated heterocycles. The van der Waals surface area contributed by atoms with Gasteiger partial charge in [-0.15, -0.1) is 0 Å². The monoisotopic (exact) mass is 378 g/mol. The largest absolute Gasteiger partial charge is 0.383 e. The highest BCUT2D eigenvalue weighted by Gasteiger charge is 2.10. The lowest BCUT2D eigenvalue weighted by molar-refractivity contribution is 0.597. The second kappa shape index (κ2) is 5.15. The van der Waals surface area contributed by atoms with Gasteiger partial charge in [0.1, 0.15) is 22.1 Å². The Labute approximate surface area is 118 Å². The van der Waals surface area contributed by atoms with Gasteiger partial charge in [-0.3, -0.25) is 0 Å². The van der Waals surface area contributed by atoms with Gasteiger partial charge in [0.2, 0.25) is 5.95 Å². The van der Waals surface area contributed by atoms with E-state index in [4.69, 9.17) is 5.73 Å². The zero-order valence-corrected chi connectivity index (χ0v) is 11.9. The number of benzene rings is 1. The van der Waals surface area contributed by atoms with Crippen LogP contribution in [0.2, 0.25) is 0 Å². The third kappa shape index (κ3) is 2.94. The van der Waals surface area contributed by atoms with Crippen molar-refractivity contribution >= 4 is 49.3 Å². The van der Waals surface area contributed by atoms with Crippen LogP contribution < -0.4 is 11.1 Å². The van der Waals surface area contributed by atoms with Crippen LogP contribution in [-0.4, -0.2) is 9.97 Å². The normalized spacial score (nSPS) is 10.4. The van der Waals surface area contributed by atoms with Gasteiger partial charge in [0.15, 0.2) is 0 Å². The number of rotatable bonds is 2. The molecule has 0 atom stereocenters. The SMILES string of the molecule is Nc1cc(Br)nc(Nc2cc(F)c(Br)cc2F)n1. The molecule has 94 valence electrons. The topological polar surface area (TPSA) is 63.8 Å². The molecule has 0 bridgehead atoms. The third-order valence-electron chi connectivity index (χ3n) is 1.97. The van der Waals surface area contributed by atoms with Gasteiger partial charge >= 0.3 is 0 Å². The predicted molar refractivity (Wildman–Crippen MR) is 71.5 cm³/mol. The number of anilines is 3. The lowest BCUT2D eigenvalue weighted by Crippen LogP contribution is -2.02. The van der Waals surface area contributed by atoms with Gasteiger partial charge in [-0.25, -0.2) is 13.8 Å². The molecule has 4 nitrogen and oxygen atoms in total. The molecule has 8 heteroatoms. The van der Waals surface area contributed by atoms with Crippen molar-refractivity contribution in [2.24, 2.45) is 0 Å². The van der Waals surface area contributed by atoms with Crippen LogP contribution in [0.1, 0.15) is 0 Å². The molecule has 2 aromatic rings. The van der Waals surface area contributed by atoms with Crippen molar-refractivity contribution in [1.82, 2.24) is 9.97 Å². The Morgan fingerprint density at radius 2 is 1.78 bits per heavy atom. The van der Waals surface area contributed by atoms with E-state index in [1.165, 1.54) is 6.07 Å². The fraction of sp³-hybridized carbons (Fsp3) is 0. The van der Waals surface area contributed by atoms with Crippen molar-refractivity contribution < 1.29 is 8.78 Å². The van der Waals surface area contributed by atoms with Gasteiger partial charge in [0.25, 0.3) is 0 Å². The van der Waals surface area contributed by atoms with Crippen molar-refractivity contribution in [1.29, 1.82) is 0 Å². The molecule has 18 heavy (non-hydrogen) atoms. The van der Waals surface area contributed by atoms with Crippen LogP contribution in [0.15, 0.2) is 27.3 Å². The van der Waals surface area contributed by atoms with Crippen molar-refractivity contribution in [3.63, 3.8) is 0 Å². The number of hydrogen-bond acceptors (Lipinski definition) is 4. The summed E-state index contributed by atoms with van der Waals surface area (Å²) >= 11 is 6.01. The van der Waals surface area contributed by atoms with Crippen LogP contribution in [-0.2, 0) is 0 Å². The Balaban J connectivity index is 2.36. The first-order valence-corrected chi connectivity index (χ1v) is 6.26. The molecule has 0 aliphatic heterocycles. The summed E-state index contributed by atoms with van der Waals surface area (Å²) in [5.74, 6) is -0.952. The molecule has 1 aromatic heterocycles. The molecule has 1 heterocycles. The lowest BCUT2D eigenvalue weighted by atomic mass is 10.3.